The summed E-state index contributed by atoms with van der Waals surface area (Å²) in [5, 5.41) is 0. The lowest BCUT2D eigenvalue weighted by Crippen LogP contribution is -1.78. The van der Waals surface area contributed by atoms with Crippen molar-refractivity contribution in [1.82, 2.24) is 4.98 Å². The molecule has 10 heavy (non-hydrogen) atoms. The minimum atomic E-state index is 1.20. The maximum absolute atomic E-state index is 4.01. The molecule has 0 saturated carbocycles. The Hall–Kier alpha value is -1.11. The third-order valence-corrected chi connectivity index (χ3v) is 1.55. The van der Waals surface area contributed by atoms with Gasteiger partial charge in [0, 0.05) is 12.4 Å². The predicted octanol–water partition coefficient (Wildman–Crippen LogP) is 2.50. The smallest absolute Gasteiger partial charge is 0.0342 e. The highest BCUT2D eigenvalue weighted by Gasteiger charge is 1.89. The molecule has 1 aromatic rings. The maximum Gasteiger partial charge on any atom is 0.0342 e. The van der Waals surface area contributed by atoms with Crippen LogP contribution >= 0.6 is 0 Å². The van der Waals surface area contributed by atoms with Crippen LogP contribution in [0.5, 0.6) is 0 Å². The molecular formula is C9H11N. The largest absolute Gasteiger partial charge is 0.264 e. The van der Waals surface area contributed by atoms with Crippen LogP contribution in [0.2, 0.25) is 0 Å². The molecule has 1 heteroatoms. The fourth-order valence-electron chi connectivity index (χ4n) is 0.763. The van der Waals surface area contributed by atoms with Gasteiger partial charge in [0.05, 0.1) is 0 Å². The number of allylic oxidation sites excluding steroid dienone is 2. The molecule has 0 spiro atoms. The first kappa shape index (κ1) is 7.00. The Bertz CT molecular complexity index is 224. The second-order valence-electron chi connectivity index (χ2n) is 2.21. The predicted molar refractivity (Wildman–Crippen MR) is 43.6 cm³/mol. The van der Waals surface area contributed by atoms with Gasteiger partial charge in [0.1, 0.15) is 0 Å². The fraction of sp³-hybridized carbons (Fsp3) is 0.222. The van der Waals surface area contributed by atoms with Gasteiger partial charge in [-0.25, -0.2) is 0 Å². The van der Waals surface area contributed by atoms with Crippen LogP contribution in [0.4, 0.5) is 0 Å². The summed E-state index contributed by atoms with van der Waals surface area (Å²) in [6.45, 7) is 4.11. The van der Waals surface area contributed by atoms with Crippen LogP contribution in [0.25, 0.3) is 5.57 Å². The van der Waals surface area contributed by atoms with E-state index in [1.807, 2.05) is 19.2 Å². The van der Waals surface area contributed by atoms with E-state index in [0.717, 1.165) is 0 Å². The van der Waals surface area contributed by atoms with Crippen molar-refractivity contribution in [2.75, 3.05) is 0 Å². The zero-order valence-electron chi connectivity index (χ0n) is 6.33. The first-order valence-corrected chi connectivity index (χ1v) is 3.38. The summed E-state index contributed by atoms with van der Waals surface area (Å²) >= 11 is 0. The van der Waals surface area contributed by atoms with E-state index in [9.17, 15) is 0 Å². The zero-order valence-corrected chi connectivity index (χ0v) is 6.33. The van der Waals surface area contributed by atoms with Crippen LogP contribution in [0.15, 0.2) is 30.6 Å². The van der Waals surface area contributed by atoms with Crippen molar-refractivity contribution in [3.05, 3.63) is 36.2 Å². The lowest BCUT2D eigenvalue weighted by molar-refractivity contribution is 1.30. The van der Waals surface area contributed by atoms with E-state index < -0.39 is 0 Å². The second-order valence-corrected chi connectivity index (χ2v) is 2.21. The number of rotatable bonds is 1. The molecule has 0 N–H and O–H groups in total. The van der Waals surface area contributed by atoms with Crippen molar-refractivity contribution in [3.63, 3.8) is 0 Å². The third-order valence-electron chi connectivity index (χ3n) is 1.55. The molecule has 0 aliphatic heterocycles. The van der Waals surface area contributed by atoms with Crippen molar-refractivity contribution in [2.45, 2.75) is 13.8 Å². The minimum absolute atomic E-state index is 1.20. The van der Waals surface area contributed by atoms with Crippen molar-refractivity contribution in [3.8, 4) is 0 Å². The average Bonchev–Trinajstić information content (AvgIpc) is 2.05. The number of hydrogen-bond donors (Lipinski definition) is 0. The molecule has 0 atom stereocenters. The van der Waals surface area contributed by atoms with Crippen LogP contribution in [0.1, 0.15) is 19.4 Å². The van der Waals surface area contributed by atoms with Crippen molar-refractivity contribution < 1.29 is 0 Å². The molecule has 0 aliphatic rings. The normalized spacial score (nSPS) is 11.6. The summed E-state index contributed by atoms with van der Waals surface area (Å²) in [5.74, 6) is 0. The standard InChI is InChI=1S/C9H11N/c1-3-8(2)9-5-4-6-10-7-9/h3-7H,1-2H3. The summed E-state index contributed by atoms with van der Waals surface area (Å²) in [7, 11) is 0. The maximum atomic E-state index is 4.01. The van der Waals surface area contributed by atoms with Crippen LogP contribution in [-0.4, -0.2) is 4.98 Å². The first-order valence-electron chi connectivity index (χ1n) is 3.38. The van der Waals surface area contributed by atoms with Gasteiger partial charge in [-0.2, -0.15) is 0 Å². The Labute approximate surface area is 61.4 Å². The monoisotopic (exact) mass is 133 g/mol. The lowest BCUT2D eigenvalue weighted by Gasteiger charge is -1.96. The van der Waals surface area contributed by atoms with Gasteiger partial charge in [-0.05, 0) is 31.1 Å². The minimum Gasteiger partial charge on any atom is -0.264 e. The molecule has 1 nitrogen and oxygen atoms in total. The van der Waals surface area contributed by atoms with Crippen LogP contribution in [0.3, 0.4) is 0 Å². The van der Waals surface area contributed by atoms with Crippen molar-refractivity contribution in [1.29, 1.82) is 0 Å². The van der Waals surface area contributed by atoms with Gasteiger partial charge in [-0.3, -0.25) is 4.98 Å². The lowest BCUT2D eigenvalue weighted by atomic mass is 10.1. The molecule has 0 fully saturated rings. The van der Waals surface area contributed by atoms with E-state index in [0.29, 0.717) is 0 Å². The number of pyridine rings is 1. The van der Waals surface area contributed by atoms with Gasteiger partial charge < -0.3 is 0 Å². The molecule has 0 amide bonds. The molecule has 1 aromatic heterocycles. The van der Waals surface area contributed by atoms with Gasteiger partial charge in [0.2, 0.25) is 0 Å². The summed E-state index contributed by atoms with van der Waals surface area (Å²) in [5.41, 5.74) is 2.47. The molecule has 0 aliphatic carbocycles. The van der Waals surface area contributed by atoms with Crippen molar-refractivity contribution in [2.24, 2.45) is 0 Å². The molecule has 52 valence electrons. The van der Waals surface area contributed by atoms with Gasteiger partial charge in [-0.1, -0.05) is 12.1 Å². The van der Waals surface area contributed by atoms with E-state index in [2.05, 4.69) is 24.1 Å². The topological polar surface area (TPSA) is 12.9 Å². The zero-order chi connectivity index (χ0) is 7.40. The Balaban J connectivity index is 2.96. The quantitative estimate of drug-likeness (QED) is 0.573. The average molecular weight is 133 g/mol. The van der Waals surface area contributed by atoms with Crippen molar-refractivity contribution >= 4 is 5.57 Å². The molecule has 0 unspecified atom stereocenters. The van der Waals surface area contributed by atoms with Gasteiger partial charge in [0.25, 0.3) is 0 Å². The van der Waals surface area contributed by atoms with E-state index in [4.69, 9.17) is 0 Å². The van der Waals surface area contributed by atoms with Gasteiger partial charge in [0.15, 0.2) is 0 Å². The van der Waals surface area contributed by atoms with Crippen LogP contribution < -0.4 is 0 Å². The highest BCUT2D eigenvalue weighted by atomic mass is 14.6. The van der Waals surface area contributed by atoms with Gasteiger partial charge in [-0.15, -0.1) is 0 Å². The van der Waals surface area contributed by atoms with E-state index in [-0.39, 0.29) is 0 Å². The summed E-state index contributed by atoms with van der Waals surface area (Å²) in [6, 6.07) is 4.00. The van der Waals surface area contributed by atoms with E-state index in [1.54, 1.807) is 6.20 Å². The third kappa shape index (κ3) is 1.44. The molecular weight excluding hydrogens is 122 g/mol. The molecule has 1 rings (SSSR count). The van der Waals surface area contributed by atoms with Crippen LogP contribution in [-0.2, 0) is 0 Å². The Morgan fingerprint density at radius 3 is 2.90 bits per heavy atom. The molecule has 0 saturated heterocycles. The molecule has 1 heterocycles. The number of nitrogens with zero attached hydrogens (tertiary/aromatic N) is 1. The van der Waals surface area contributed by atoms with Gasteiger partial charge >= 0.3 is 0 Å². The Kier molecular flexibility index (Phi) is 2.21. The Morgan fingerprint density at radius 1 is 1.60 bits per heavy atom. The van der Waals surface area contributed by atoms with E-state index in [1.165, 1.54) is 11.1 Å². The Morgan fingerprint density at radius 2 is 2.40 bits per heavy atom. The SMILES string of the molecule is CC=C(C)c1cccnc1. The highest BCUT2D eigenvalue weighted by Crippen LogP contribution is 2.09. The van der Waals surface area contributed by atoms with Crippen LogP contribution in [0, 0.1) is 0 Å². The number of hydrogen-bond acceptors (Lipinski definition) is 1. The summed E-state index contributed by atoms with van der Waals surface area (Å²) in [6.07, 6.45) is 5.73. The summed E-state index contributed by atoms with van der Waals surface area (Å²) in [4.78, 5) is 4.01. The number of aromatic nitrogens is 1. The highest BCUT2D eigenvalue weighted by molar-refractivity contribution is 5.62. The second kappa shape index (κ2) is 3.16. The molecule has 0 bridgehead atoms. The molecule has 0 radical (unpaired) electrons. The van der Waals surface area contributed by atoms with E-state index >= 15 is 0 Å². The summed E-state index contributed by atoms with van der Waals surface area (Å²) < 4.78 is 0. The fourth-order valence-corrected chi connectivity index (χ4v) is 0.763. The molecule has 0 aromatic carbocycles. The first-order chi connectivity index (χ1) is 4.84.